The molecule has 2 rings (SSSR count). The summed E-state index contributed by atoms with van der Waals surface area (Å²) in [4.78, 5) is 10.5. The lowest BCUT2D eigenvalue weighted by Crippen LogP contribution is -2.29. The van der Waals surface area contributed by atoms with Gasteiger partial charge in [-0.1, -0.05) is 30.4 Å². The van der Waals surface area contributed by atoms with Crippen LogP contribution in [0.3, 0.4) is 0 Å². The lowest BCUT2D eigenvalue weighted by molar-refractivity contribution is -0.307. The van der Waals surface area contributed by atoms with Crippen molar-refractivity contribution in [3.05, 3.63) is 42.0 Å². The average Bonchev–Trinajstić information content (AvgIpc) is 2.35. The first kappa shape index (κ1) is 13.6. The Morgan fingerprint density at radius 3 is 2.89 bits per heavy atom. The standard InChI is InChI=1S/C15H18O4/c1-10-7-11(2)19-14(8-10)12-5-3-4-6-13(12)18-9-15(16)17/h3-6,11,14H,1,7-9H2,2H3,(H,16,17)/p-1/t11-,14-/m0/s1. The highest BCUT2D eigenvalue weighted by atomic mass is 16.5. The fourth-order valence-electron chi connectivity index (χ4n) is 2.33. The Kier molecular flexibility index (Phi) is 4.22. The predicted molar refractivity (Wildman–Crippen MR) is 68.6 cm³/mol. The van der Waals surface area contributed by atoms with Gasteiger partial charge in [0.25, 0.3) is 0 Å². The van der Waals surface area contributed by atoms with Gasteiger partial charge in [0.15, 0.2) is 0 Å². The van der Waals surface area contributed by atoms with Gasteiger partial charge in [-0.15, -0.1) is 0 Å². The molecular weight excluding hydrogens is 244 g/mol. The van der Waals surface area contributed by atoms with Crippen LogP contribution in [0.5, 0.6) is 5.75 Å². The van der Waals surface area contributed by atoms with Crippen molar-refractivity contribution in [1.82, 2.24) is 0 Å². The van der Waals surface area contributed by atoms with E-state index < -0.39 is 12.6 Å². The molecule has 0 aromatic heterocycles. The zero-order chi connectivity index (χ0) is 13.8. The molecule has 102 valence electrons. The summed E-state index contributed by atoms with van der Waals surface area (Å²) in [7, 11) is 0. The van der Waals surface area contributed by atoms with Crippen molar-refractivity contribution >= 4 is 5.97 Å². The predicted octanol–water partition coefficient (Wildman–Crippen LogP) is 1.61. The maximum Gasteiger partial charge on any atom is 0.128 e. The topological polar surface area (TPSA) is 58.6 Å². The molecule has 1 aliphatic rings. The minimum Gasteiger partial charge on any atom is -0.546 e. The van der Waals surface area contributed by atoms with Gasteiger partial charge in [0.1, 0.15) is 12.4 Å². The lowest BCUT2D eigenvalue weighted by Gasteiger charge is -2.30. The number of benzene rings is 1. The van der Waals surface area contributed by atoms with Gasteiger partial charge in [-0.2, -0.15) is 0 Å². The third kappa shape index (κ3) is 3.58. The van der Waals surface area contributed by atoms with Gasteiger partial charge in [-0.25, -0.2) is 0 Å². The fourth-order valence-corrected chi connectivity index (χ4v) is 2.33. The van der Waals surface area contributed by atoms with Crippen LogP contribution in [0.1, 0.15) is 31.4 Å². The van der Waals surface area contributed by atoms with Gasteiger partial charge in [0, 0.05) is 5.56 Å². The highest BCUT2D eigenvalue weighted by molar-refractivity contribution is 5.66. The average molecular weight is 261 g/mol. The van der Waals surface area contributed by atoms with Gasteiger partial charge < -0.3 is 19.4 Å². The molecule has 0 radical (unpaired) electrons. The number of rotatable bonds is 4. The van der Waals surface area contributed by atoms with E-state index in [-0.39, 0.29) is 12.2 Å². The minimum absolute atomic E-state index is 0.112. The number of para-hydroxylation sites is 1. The Morgan fingerprint density at radius 2 is 2.21 bits per heavy atom. The van der Waals surface area contributed by atoms with E-state index in [9.17, 15) is 9.90 Å². The molecule has 1 heterocycles. The van der Waals surface area contributed by atoms with E-state index in [4.69, 9.17) is 9.47 Å². The second kappa shape index (κ2) is 5.89. The SMILES string of the molecule is C=C1C[C@@H](c2ccccc2OCC(=O)[O-])O[C@@H](C)C1. The third-order valence-electron chi connectivity index (χ3n) is 3.06. The van der Waals surface area contributed by atoms with E-state index in [0.29, 0.717) is 5.75 Å². The molecule has 0 amide bonds. The molecule has 1 aromatic carbocycles. The molecule has 19 heavy (non-hydrogen) atoms. The Bertz CT molecular complexity index is 481. The van der Waals surface area contributed by atoms with Crippen molar-refractivity contribution in [3.63, 3.8) is 0 Å². The van der Waals surface area contributed by atoms with Crippen LogP contribution in [0.25, 0.3) is 0 Å². The minimum atomic E-state index is -1.24. The third-order valence-corrected chi connectivity index (χ3v) is 3.06. The van der Waals surface area contributed by atoms with E-state index in [1.165, 1.54) is 0 Å². The number of carboxylic acid groups (broad SMARTS) is 1. The summed E-state index contributed by atoms with van der Waals surface area (Å²) in [6.07, 6.45) is 1.57. The Balaban J connectivity index is 2.18. The number of carboxylic acids is 1. The van der Waals surface area contributed by atoms with Crippen LogP contribution >= 0.6 is 0 Å². The number of hydrogen-bond acceptors (Lipinski definition) is 4. The van der Waals surface area contributed by atoms with Gasteiger partial charge in [-0.05, 0) is 25.8 Å². The van der Waals surface area contributed by atoms with Gasteiger partial charge >= 0.3 is 0 Å². The molecule has 0 aliphatic carbocycles. The number of hydrogen-bond donors (Lipinski definition) is 0. The molecule has 0 unspecified atom stereocenters. The quantitative estimate of drug-likeness (QED) is 0.773. The summed E-state index contributed by atoms with van der Waals surface area (Å²) in [5.41, 5.74) is 2.00. The molecule has 2 atom stereocenters. The summed E-state index contributed by atoms with van der Waals surface area (Å²) in [5, 5.41) is 10.5. The highest BCUT2D eigenvalue weighted by Crippen LogP contribution is 2.37. The smallest absolute Gasteiger partial charge is 0.128 e. The van der Waals surface area contributed by atoms with Crippen molar-refractivity contribution in [2.75, 3.05) is 6.61 Å². The molecule has 0 bridgehead atoms. The first-order valence-corrected chi connectivity index (χ1v) is 6.30. The maximum absolute atomic E-state index is 10.5. The van der Waals surface area contributed by atoms with Gasteiger partial charge in [0.05, 0.1) is 18.2 Å². The molecule has 0 N–H and O–H groups in total. The molecule has 1 aliphatic heterocycles. The molecule has 1 fully saturated rings. The largest absolute Gasteiger partial charge is 0.546 e. The Morgan fingerprint density at radius 1 is 1.47 bits per heavy atom. The lowest BCUT2D eigenvalue weighted by atomic mass is 9.95. The van der Waals surface area contributed by atoms with E-state index in [1.54, 1.807) is 12.1 Å². The number of ether oxygens (including phenoxy) is 2. The zero-order valence-corrected chi connectivity index (χ0v) is 10.9. The van der Waals surface area contributed by atoms with Crippen molar-refractivity contribution < 1.29 is 19.4 Å². The van der Waals surface area contributed by atoms with Crippen LogP contribution in [0.2, 0.25) is 0 Å². The van der Waals surface area contributed by atoms with Gasteiger partial charge in [-0.3, -0.25) is 0 Å². The van der Waals surface area contributed by atoms with Crippen LogP contribution in [0.15, 0.2) is 36.4 Å². The summed E-state index contributed by atoms with van der Waals surface area (Å²) in [6.45, 7) is 5.56. The molecular formula is C15H17O4-. The zero-order valence-electron chi connectivity index (χ0n) is 10.9. The Hall–Kier alpha value is -1.81. The first-order chi connectivity index (χ1) is 9.06. The van der Waals surface area contributed by atoms with E-state index in [2.05, 4.69) is 6.58 Å². The van der Waals surface area contributed by atoms with Crippen molar-refractivity contribution in [2.24, 2.45) is 0 Å². The molecule has 4 nitrogen and oxygen atoms in total. The number of carbonyl (C=O) groups excluding carboxylic acids is 1. The Labute approximate surface area is 112 Å². The normalized spacial score (nSPS) is 23.1. The van der Waals surface area contributed by atoms with Crippen LogP contribution < -0.4 is 9.84 Å². The summed E-state index contributed by atoms with van der Waals surface area (Å²) in [5.74, 6) is -0.712. The van der Waals surface area contributed by atoms with Crippen LogP contribution in [0.4, 0.5) is 0 Å². The van der Waals surface area contributed by atoms with Crippen molar-refractivity contribution in [2.45, 2.75) is 32.0 Å². The summed E-state index contributed by atoms with van der Waals surface area (Å²) in [6, 6.07) is 7.31. The first-order valence-electron chi connectivity index (χ1n) is 6.30. The monoisotopic (exact) mass is 261 g/mol. The van der Waals surface area contributed by atoms with Crippen LogP contribution in [-0.4, -0.2) is 18.7 Å². The summed E-state index contributed by atoms with van der Waals surface area (Å²) < 4.78 is 11.1. The van der Waals surface area contributed by atoms with E-state index in [0.717, 1.165) is 24.0 Å². The molecule has 4 heteroatoms. The molecule has 0 saturated carbocycles. The van der Waals surface area contributed by atoms with Crippen molar-refractivity contribution in [1.29, 1.82) is 0 Å². The van der Waals surface area contributed by atoms with Crippen molar-refractivity contribution in [3.8, 4) is 5.75 Å². The molecule has 0 spiro atoms. The molecule has 1 saturated heterocycles. The number of carbonyl (C=O) groups is 1. The highest BCUT2D eigenvalue weighted by Gasteiger charge is 2.25. The number of aliphatic carboxylic acids is 1. The molecule has 1 aromatic rings. The second-order valence-corrected chi connectivity index (χ2v) is 4.79. The van der Waals surface area contributed by atoms with E-state index >= 15 is 0 Å². The summed E-state index contributed by atoms with van der Waals surface area (Å²) >= 11 is 0. The van der Waals surface area contributed by atoms with Crippen LogP contribution in [0, 0.1) is 0 Å². The second-order valence-electron chi connectivity index (χ2n) is 4.79. The van der Waals surface area contributed by atoms with E-state index in [1.807, 2.05) is 19.1 Å². The fraction of sp³-hybridized carbons (Fsp3) is 0.400. The van der Waals surface area contributed by atoms with Gasteiger partial charge in [0.2, 0.25) is 0 Å². The maximum atomic E-state index is 10.5. The van der Waals surface area contributed by atoms with Crippen LogP contribution in [-0.2, 0) is 9.53 Å².